The highest BCUT2D eigenvalue weighted by atomic mass is 16.7. The van der Waals surface area contributed by atoms with Crippen LogP contribution in [0.5, 0.6) is 0 Å². The summed E-state index contributed by atoms with van der Waals surface area (Å²) < 4.78 is 14.1. The third-order valence-corrected chi connectivity index (χ3v) is 0.870. The van der Waals surface area contributed by atoms with Crippen molar-refractivity contribution in [1.82, 2.24) is 0 Å². The second-order valence-corrected chi connectivity index (χ2v) is 1.89. The molecule has 0 saturated carbocycles. The molecule has 0 heterocycles. The number of hydrogen-bond donors (Lipinski definition) is 1. The molecule has 4 nitrogen and oxygen atoms in total. The molecule has 0 aliphatic heterocycles. The van der Waals surface area contributed by atoms with Crippen LogP contribution in [0.2, 0.25) is 0 Å². The zero-order valence-electron chi connectivity index (χ0n) is 6.37. The van der Waals surface area contributed by atoms with Crippen LogP contribution in [-0.4, -0.2) is 45.4 Å². The number of aliphatic hydroxyl groups excluding tert-OH is 1. The van der Waals surface area contributed by atoms with Crippen molar-refractivity contribution in [3.63, 3.8) is 0 Å². The Morgan fingerprint density at radius 2 is 1.90 bits per heavy atom. The van der Waals surface area contributed by atoms with Crippen LogP contribution in [0.25, 0.3) is 0 Å². The van der Waals surface area contributed by atoms with Crippen molar-refractivity contribution in [2.75, 3.05) is 34.2 Å². The van der Waals surface area contributed by atoms with Crippen LogP contribution < -0.4 is 0 Å². The lowest BCUT2D eigenvalue weighted by molar-refractivity contribution is -0.0741. The van der Waals surface area contributed by atoms with Crippen molar-refractivity contribution >= 4 is 0 Å². The maximum atomic E-state index is 8.97. The van der Waals surface area contributed by atoms with Crippen LogP contribution in [0.15, 0.2) is 0 Å². The predicted molar refractivity (Wildman–Crippen MR) is 35.7 cm³/mol. The van der Waals surface area contributed by atoms with Crippen molar-refractivity contribution < 1.29 is 19.3 Å². The zero-order chi connectivity index (χ0) is 7.82. The van der Waals surface area contributed by atoms with E-state index >= 15 is 0 Å². The van der Waals surface area contributed by atoms with Crippen molar-refractivity contribution in [3.05, 3.63) is 0 Å². The summed E-state index contributed by atoms with van der Waals surface area (Å²) in [4.78, 5) is 0. The van der Waals surface area contributed by atoms with E-state index in [2.05, 4.69) is 9.47 Å². The molecular formula is C6H14O4. The van der Waals surface area contributed by atoms with Gasteiger partial charge in [-0.3, -0.25) is 0 Å². The molecule has 0 radical (unpaired) electrons. The molecule has 1 atom stereocenters. The van der Waals surface area contributed by atoms with E-state index in [1.165, 1.54) is 14.2 Å². The summed E-state index contributed by atoms with van der Waals surface area (Å²) >= 11 is 0. The molecule has 62 valence electrons. The molecule has 0 spiro atoms. The maximum Gasteiger partial charge on any atom is 0.146 e. The van der Waals surface area contributed by atoms with Crippen molar-refractivity contribution in [2.24, 2.45) is 0 Å². The Morgan fingerprint density at radius 1 is 1.20 bits per heavy atom. The first-order valence-corrected chi connectivity index (χ1v) is 3.05. The van der Waals surface area contributed by atoms with Gasteiger partial charge >= 0.3 is 0 Å². The van der Waals surface area contributed by atoms with Gasteiger partial charge in [0.2, 0.25) is 0 Å². The van der Waals surface area contributed by atoms with Crippen molar-refractivity contribution in [3.8, 4) is 0 Å². The molecule has 0 bridgehead atoms. The molecule has 0 fully saturated rings. The average molecular weight is 150 g/mol. The molecule has 4 heteroatoms. The van der Waals surface area contributed by atoms with E-state index in [0.717, 1.165) is 0 Å². The van der Waals surface area contributed by atoms with Crippen molar-refractivity contribution in [2.45, 2.75) is 6.10 Å². The van der Waals surface area contributed by atoms with Crippen LogP contribution in [0.3, 0.4) is 0 Å². The minimum Gasteiger partial charge on any atom is -0.388 e. The number of methoxy groups -OCH3 is 2. The lowest BCUT2D eigenvalue weighted by atomic mass is 10.4. The molecule has 0 amide bonds. The summed E-state index contributed by atoms with van der Waals surface area (Å²) in [6, 6.07) is 0. The van der Waals surface area contributed by atoms with Gasteiger partial charge in [0.05, 0.1) is 13.2 Å². The number of hydrogen-bond acceptors (Lipinski definition) is 4. The second-order valence-electron chi connectivity index (χ2n) is 1.89. The van der Waals surface area contributed by atoms with Gasteiger partial charge in [-0.2, -0.15) is 0 Å². The molecule has 0 aliphatic carbocycles. The lowest BCUT2D eigenvalue weighted by Crippen LogP contribution is -2.21. The Morgan fingerprint density at radius 3 is 2.40 bits per heavy atom. The Hall–Kier alpha value is -0.160. The van der Waals surface area contributed by atoms with Gasteiger partial charge in [-0.25, -0.2) is 0 Å². The molecule has 0 aromatic rings. The highest BCUT2D eigenvalue weighted by molar-refractivity contribution is 4.48. The van der Waals surface area contributed by atoms with Crippen LogP contribution in [-0.2, 0) is 14.2 Å². The van der Waals surface area contributed by atoms with Gasteiger partial charge in [-0.15, -0.1) is 0 Å². The Labute approximate surface area is 60.7 Å². The quantitative estimate of drug-likeness (QED) is 0.414. The standard InChI is InChI=1S/C6H14O4/c1-8-3-6(7)4-10-5-9-2/h6-7H,3-5H2,1-2H3. The molecule has 0 rings (SSSR count). The topological polar surface area (TPSA) is 47.9 Å². The summed E-state index contributed by atoms with van der Waals surface area (Å²) in [5.41, 5.74) is 0. The fourth-order valence-corrected chi connectivity index (χ4v) is 0.508. The smallest absolute Gasteiger partial charge is 0.146 e. The Bertz CT molecular complexity index is 66.8. The van der Waals surface area contributed by atoms with Gasteiger partial charge < -0.3 is 19.3 Å². The van der Waals surface area contributed by atoms with E-state index in [9.17, 15) is 0 Å². The fourth-order valence-electron chi connectivity index (χ4n) is 0.508. The minimum absolute atomic E-state index is 0.209. The third-order valence-electron chi connectivity index (χ3n) is 0.870. The van der Waals surface area contributed by atoms with Crippen LogP contribution in [0.1, 0.15) is 0 Å². The molecule has 0 aliphatic rings. The Balaban J connectivity index is 2.97. The summed E-state index contributed by atoms with van der Waals surface area (Å²) in [6.45, 7) is 0.756. The van der Waals surface area contributed by atoms with E-state index in [4.69, 9.17) is 9.84 Å². The van der Waals surface area contributed by atoms with E-state index in [-0.39, 0.29) is 13.4 Å². The summed E-state index contributed by atoms with van der Waals surface area (Å²) in [7, 11) is 3.06. The van der Waals surface area contributed by atoms with Gasteiger partial charge in [0.1, 0.15) is 12.9 Å². The number of aliphatic hydroxyl groups is 1. The summed E-state index contributed by atoms with van der Waals surface area (Å²) in [6.07, 6.45) is -0.555. The van der Waals surface area contributed by atoms with Crippen LogP contribution in [0, 0.1) is 0 Å². The number of ether oxygens (including phenoxy) is 3. The second kappa shape index (κ2) is 6.95. The van der Waals surface area contributed by atoms with Crippen LogP contribution in [0.4, 0.5) is 0 Å². The van der Waals surface area contributed by atoms with Gasteiger partial charge in [0, 0.05) is 14.2 Å². The SMILES string of the molecule is COCOCC(O)COC. The molecule has 0 aromatic heterocycles. The van der Waals surface area contributed by atoms with E-state index < -0.39 is 6.10 Å². The Kier molecular flexibility index (Phi) is 6.84. The third kappa shape index (κ3) is 5.97. The van der Waals surface area contributed by atoms with Crippen LogP contribution >= 0.6 is 0 Å². The zero-order valence-corrected chi connectivity index (χ0v) is 6.37. The van der Waals surface area contributed by atoms with E-state index in [1.807, 2.05) is 0 Å². The van der Waals surface area contributed by atoms with E-state index in [1.54, 1.807) is 0 Å². The molecule has 1 N–H and O–H groups in total. The molecule has 0 aromatic carbocycles. The normalized spacial score (nSPS) is 13.5. The first-order chi connectivity index (χ1) is 4.81. The van der Waals surface area contributed by atoms with Gasteiger partial charge in [0.25, 0.3) is 0 Å². The average Bonchev–Trinajstić information content (AvgIpc) is 1.89. The highest BCUT2D eigenvalue weighted by Gasteiger charge is 2.01. The molecule has 0 saturated heterocycles. The van der Waals surface area contributed by atoms with Crippen molar-refractivity contribution in [1.29, 1.82) is 0 Å². The predicted octanol–water partition coefficient (Wildman–Crippen LogP) is -0.386. The highest BCUT2D eigenvalue weighted by Crippen LogP contribution is 1.85. The monoisotopic (exact) mass is 150 g/mol. The van der Waals surface area contributed by atoms with E-state index in [0.29, 0.717) is 6.61 Å². The molecule has 1 unspecified atom stereocenters. The van der Waals surface area contributed by atoms with Gasteiger partial charge in [0.15, 0.2) is 0 Å². The first kappa shape index (κ1) is 9.84. The van der Waals surface area contributed by atoms with Gasteiger partial charge in [-0.05, 0) is 0 Å². The molecular weight excluding hydrogens is 136 g/mol. The molecule has 10 heavy (non-hydrogen) atoms. The largest absolute Gasteiger partial charge is 0.388 e. The summed E-state index contributed by atoms with van der Waals surface area (Å²) in [5.74, 6) is 0. The lowest BCUT2D eigenvalue weighted by Gasteiger charge is -2.08. The first-order valence-electron chi connectivity index (χ1n) is 3.05. The van der Waals surface area contributed by atoms with Gasteiger partial charge in [-0.1, -0.05) is 0 Å². The minimum atomic E-state index is -0.555. The maximum absolute atomic E-state index is 8.97. The fraction of sp³-hybridized carbons (Fsp3) is 1.00. The summed E-state index contributed by atoms with van der Waals surface area (Å²) in [5, 5.41) is 8.97. The number of rotatable bonds is 6.